The number of likely N-dealkylation sites (N-methyl/N-ethyl adjacent to an activating group) is 1. The molecule has 2 atom stereocenters. The van der Waals surface area contributed by atoms with Crippen molar-refractivity contribution in [1.82, 2.24) is 0 Å². The summed E-state index contributed by atoms with van der Waals surface area (Å²) in [5, 5.41) is 0. The molecular weight excluding hydrogens is 774 g/mol. The molecule has 0 aliphatic carbocycles. The van der Waals surface area contributed by atoms with E-state index in [0.717, 1.165) is 57.8 Å². The molecule has 0 bridgehead atoms. The molecule has 0 aliphatic rings. The minimum absolute atomic E-state index is 0.0185. The Labute approximate surface area is 368 Å². The molecule has 0 radical (unpaired) electrons. The van der Waals surface area contributed by atoms with E-state index in [9.17, 15) is 19.0 Å². The van der Waals surface area contributed by atoms with Gasteiger partial charge in [-0.1, -0.05) is 189 Å². The van der Waals surface area contributed by atoms with Gasteiger partial charge in [-0.05, 0) is 51.4 Å². The lowest BCUT2D eigenvalue weighted by atomic mass is 10.0. The zero-order valence-electron chi connectivity index (χ0n) is 38.9. The number of hydrogen-bond donors (Lipinski definition) is 1. The van der Waals surface area contributed by atoms with E-state index >= 15 is 0 Å². The number of unbranched alkanes of at least 4 members (excludes halogenated alkanes) is 16. The van der Waals surface area contributed by atoms with Crippen molar-refractivity contribution in [3.05, 3.63) is 72.9 Å². The van der Waals surface area contributed by atoms with Gasteiger partial charge in [0, 0.05) is 12.8 Å². The van der Waals surface area contributed by atoms with E-state index in [4.69, 9.17) is 18.5 Å². The first kappa shape index (κ1) is 57.4. The van der Waals surface area contributed by atoms with Crippen molar-refractivity contribution in [2.24, 2.45) is 0 Å². The third kappa shape index (κ3) is 45.0. The van der Waals surface area contributed by atoms with Crippen LogP contribution in [0, 0.1) is 0 Å². The first-order chi connectivity index (χ1) is 29.0. The van der Waals surface area contributed by atoms with Crippen molar-refractivity contribution in [3.63, 3.8) is 0 Å². The standard InChI is InChI=1S/C50H88NO8P/c1-6-8-10-12-14-16-18-20-22-24-25-27-28-30-32-34-36-38-40-42-49(52)56-46-48(47-58-60(54,55)57-45-44-51(3,4)5)59-50(53)43-41-39-37-35-33-31-29-26-23-21-19-17-15-13-11-9-7-2/h8,10,14,16,20,22,25,27,30,32,36,38,48H,6-7,9,11-13,15,17-19,21,23-24,26,28-29,31,33-35,37,39-47H2,1-5H3/p+1/b10-8-,16-14-,22-20-,27-25-,32-30-,38-36-/t48-/m1/s1. The van der Waals surface area contributed by atoms with Gasteiger partial charge in [0.1, 0.15) is 19.8 Å². The SMILES string of the molecule is CC/C=C\C/C=C\C/C=C\C/C=C\C/C=C\C/C=C\CCC(=O)OC[C@H](COP(=O)(O)OCC[N+](C)(C)C)OC(=O)CCCCCCCCCCCCCCCCCCC. The summed E-state index contributed by atoms with van der Waals surface area (Å²) in [5.74, 6) is -0.896. The Hall–Kier alpha value is -2.55. The summed E-state index contributed by atoms with van der Waals surface area (Å²) < 4.78 is 34.3. The Kier molecular flexibility index (Phi) is 40.0. The number of carbonyl (C=O) groups excluding carboxylic acids is 2. The van der Waals surface area contributed by atoms with Gasteiger partial charge in [-0.3, -0.25) is 18.6 Å². The van der Waals surface area contributed by atoms with Crippen LogP contribution in [0.15, 0.2) is 72.9 Å². The Morgan fingerprint density at radius 2 is 0.950 bits per heavy atom. The molecule has 346 valence electrons. The quantitative estimate of drug-likeness (QED) is 0.0212. The van der Waals surface area contributed by atoms with Crippen LogP contribution in [0.2, 0.25) is 0 Å². The van der Waals surface area contributed by atoms with Crippen LogP contribution in [0.25, 0.3) is 0 Å². The Balaban J connectivity index is 4.43. The number of phosphoric ester groups is 1. The number of esters is 2. The zero-order valence-corrected chi connectivity index (χ0v) is 39.8. The van der Waals surface area contributed by atoms with Crippen LogP contribution in [-0.2, 0) is 32.7 Å². The number of nitrogens with zero attached hydrogens (tertiary/aromatic N) is 1. The van der Waals surface area contributed by atoms with Crippen molar-refractivity contribution in [2.75, 3.05) is 47.5 Å². The molecule has 1 N–H and O–H groups in total. The first-order valence-corrected chi connectivity index (χ1v) is 25.2. The summed E-state index contributed by atoms with van der Waals surface area (Å²) in [7, 11) is 1.43. The van der Waals surface area contributed by atoms with Gasteiger partial charge in [0.25, 0.3) is 0 Å². The first-order valence-electron chi connectivity index (χ1n) is 23.7. The fourth-order valence-corrected chi connectivity index (χ4v) is 6.84. The van der Waals surface area contributed by atoms with E-state index in [2.05, 4.69) is 74.6 Å². The van der Waals surface area contributed by atoms with Gasteiger partial charge in [-0.2, -0.15) is 0 Å². The average molecular weight is 863 g/mol. The number of allylic oxidation sites excluding steroid dienone is 12. The predicted molar refractivity (Wildman–Crippen MR) is 252 cm³/mol. The average Bonchev–Trinajstić information content (AvgIpc) is 3.20. The minimum Gasteiger partial charge on any atom is -0.462 e. The lowest BCUT2D eigenvalue weighted by Crippen LogP contribution is -2.37. The summed E-state index contributed by atoms with van der Waals surface area (Å²) in [4.78, 5) is 35.4. The highest BCUT2D eigenvalue weighted by atomic mass is 31.2. The molecule has 0 saturated heterocycles. The van der Waals surface area contributed by atoms with Gasteiger partial charge in [-0.25, -0.2) is 4.57 Å². The highest BCUT2D eigenvalue weighted by Gasteiger charge is 2.27. The fourth-order valence-electron chi connectivity index (χ4n) is 6.10. The van der Waals surface area contributed by atoms with Crippen LogP contribution in [0.3, 0.4) is 0 Å². The van der Waals surface area contributed by atoms with Crippen molar-refractivity contribution in [1.29, 1.82) is 0 Å². The topological polar surface area (TPSA) is 108 Å². The van der Waals surface area contributed by atoms with Crippen molar-refractivity contribution >= 4 is 19.8 Å². The second kappa shape index (κ2) is 41.8. The van der Waals surface area contributed by atoms with Gasteiger partial charge in [-0.15, -0.1) is 0 Å². The number of rotatable bonds is 42. The molecule has 0 saturated carbocycles. The van der Waals surface area contributed by atoms with Crippen LogP contribution >= 0.6 is 7.82 Å². The molecule has 0 aromatic carbocycles. The third-order valence-electron chi connectivity index (χ3n) is 9.76. The van der Waals surface area contributed by atoms with Gasteiger partial charge >= 0.3 is 19.8 Å². The summed E-state index contributed by atoms with van der Waals surface area (Å²) in [5.41, 5.74) is 0. The summed E-state index contributed by atoms with van der Waals surface area (Å²) in [6, 6.07) is 0. The van der Waals surface area contributed by atoms with Gasteiger partial charge in [0.2, 0.25) is 0 Å². The maximum atomic E-state index is 12.7. The lowest BCUT2D eigenvalue weighted by Gasteiger charge is -2.24. The second-order valence-corrected chi connectivity index (χ2v) is 18.2. The molecule has 0 rings (SSSR count). The second-order valence-electron chi connectivity index (χ2n) is 16.8. The molecule has 10 heteroatoms. The maximum absolute atomic E-state index is 12.7. The lowest BCUT2D eigenvalue weighted by molar-refractivity contribution is -0.870. The molecule has 1 unspecified atom stereocenters. The molecule has 9 nitrogen and oxygen atoms in total. The van der Waals surface area contributed by atoms with Crippen LogP contribution in [0.5, 0.6) is 0 Å². The molecule has 0 spiro atoms. The van der Waals surface area contributed by atoms with Crippen LogP contribution in [0.4, 0.5) is 0 Å². The van der Waals surface area contributed by atoms with E-state index in [1.807, 2.05) is 33.3 Å². The Morgan fingerprint density at radius 3 is 1.38 bits per heavy atom. The number of phosphoric acid groups is 1. The van der Waals surface area contributed by atoms with Gasteiger partial charge < -0.3 is 18.9 Å². The van der Waals surface area contributed by atoms with Crippen LogP contribution in [0.1, 0.15) is 181 Å². The Bertz CT molecular complexity index is 1250. The highest BCUT2D eigenvalue weighted by Crippen LogP contribution is 2.43. The third-order valence-corrected chi connectivity index (χ3v) is 10.7. The van der Waals surface area contributed by atoms with E-state index in [0.29, 0.717) is 23.9 Å². The molecule has 0 aliphatic heterocycles. The van der Waals surface area contributed by atoms with Crippen LogP contribution in [-0.4, -0.2) is 74.9 Å². The summed E-state index contributed by atoms with van der Waals surface area (Å²) in [6.07, 6.45) is 52.5. The van der Waals surface area contributed by atoms with E-state index in [1.54, 1.807) is 0 Å². The number of ether oxygens (including phenoxy) is 2. The monoisotopic (exact) mass is 863 g/mol. The molecule has 0 aromatic rings. The van der Waals surface area contributed by atoms with E-state index in [1.165, 1.54) is 83.5 Å². The number of quaternary nitrogens is 1. The molecule has 0 heterocycles. The smallest absolute Gasteiger partial charge is 0.462 e. The minimum atomic E-state index is -4.40. The number of carbonyl (C=O) groups is 2. The van der Waals surface area contributed by atoms with Gasteiger partial charge in [0.15, 0.2) is 6.10 Å². The summed E-state index contributed by atoms with van der Waals surface area (Å²) in [6.45, 7) is 4.23. The molecule has 0 amide bonds. The predicted octanol–water partition coefficient (Wildman–Crippen LogP) is 13.8. The molecule has 0 fully saturated rings. The molecule has 0 aromatic heterocycles. The van der Waals surface area contributed by atoms with E-state index < -0.39 is 32.5 Å². The maximum Gasteiger partial charge on any atom is 0.472 e. The van der Waals surface area contributed by atoms with Crippen LogP contribution < -0.4 is 0 Å². The largest absolute Gasteiger partial charge is 0.472 e. The van der Waals surface area contributed by atoms with E-state index in [-0.39, 0.29) is 26.1 Å². The van der Waals surface area contributed by atoms with Crippen molar-refractivity contribution < 1.29 is 42.1 Å². The molecular formula is C50H89NO8P+. The van der Waals surface area contributed by atoms with Crippen molar-refractivity contribution in [3.8, 4) is 0 Å². The Morgan fingerprint density at radius 1 is 0.533 bits per heavy atom. The molecule has 60 heavy (non-hydrogen) atoms. The highest BCUT2D eigenvalue weighted by molar-refractivity contribution is 7.47. The normalized spacial score (nSPS) is 14.2. The summed E-state index contributed by atoms with van der Waals surface area (Å²) >= 11 is 0. The zero-order chi connectivity index (χ0) is 44.3. The number of hydrogen-bond acceptors (Lipinski definition) is 7. The fraction of sp³-hybridized carbons (Fsp3) is 0.720. The van der Waals surface area contributed by atoms with Crippen molar-refractivity contribution in [2.45, 2.75) is 187 Å². The van der Waals surface area contributed by atoms with Gasteiger partial charge in [0.05, 0.1) is 27.7 Å².